The number of aromatic amines is 1. The van der Waals surface area contributed by atoms with Crippen LogP contribution in [0.2, 0.25) is 0 Å². The van der Waals surface area contributed by atoms with Gasteiger partial charge >= 0.3 is 12.3 Å². The molecule has 25 heavy (non-hydrogen) atoms. The van der Waals surface area contributed by atoms with Crippen LogP contribution in [0.1, 0.15) is 25.8 Å². The number of aromatic nitrogens is 3. The molecular formula is C15H16F2N4O3S. The number of H-pyrrole nitrogens is 1. The molecule has 1 aromatic carbocycles. The van der Waals surface area contributed by atoms with E-state index in [9.17, 15) is 18.4 Å². The molecule has 7 nitrogen and oxygen atoms in total. The molecule has 3 rings (SSSR count). The first-order valence-corrected chi connectivity index (χ1v) is 8.51. The third kappa shape index (κ3) is 4.38. The van der Waals surface area contributed by atoms with Crippen LogP contribution in [0.3, 0.4) is 0 Å². The molecule has 0 aliphatic heterocycles. The van der Waals surface area contributed by atoms with Gasteiger partial charge in [-0.1, -0.05) is 11.8 Å². The van der Waals surface area contributed by atoms with Crippen LogP contribution >= 0.6 is 11.8 Å². The molecule has 1 atom stereocenters. The number of carbonyl (C=O) groups excluding carboxylic acids is 1. The van der Waals surface area contributed by atoms with Crippen LogP contribution in [0.15, 0.2) is 34.2 Å². The Labute approximate surface area is 145 Å². The second kappa shape index (κ2) is 7.26. The number of hydrogen-bond acceptors (Lipinski definition) is 5. The molecule has 1 heterocycles. The van der Waals surface area contributed by atoms with Crippen LogP contribution in [0.4, 0.5) is 14.5 Å². The average molecular weight is 370 g/mol. The largest absolute Gasteiger partial charge is 0.435 e. The molecule has 134 valence electrons. The summed E-state index contributed by atoms with van der Waals surface area (Å²) in [4.78, 5) is 24.0. The predicted octanol–water partition coefficient (Wildman–Crippen LogP) is 2.63. The maximum absolute atomic E-state index is 12.3. The molecule has 0 saturated heterocycles. The number of nitrogens with zero attached hydrogens (tertiary/aromatic N) is 2. The number of nitrogens with one attached hydrogen (secondary N) is 2. The second-order valence-electron chi connectivity index (χ2n) is 5.56. The van der Waals surface area contributed by atoms with Gasteiger partial charge in [0.05, 0.1) is 5.25 Å². The van der Waals surface area contributed by atoms with Crippen molar-refractivity contribution in [3.05, 3.63) is 34.7 Å². The molecule has 2 aromatic rings. The standard InChI is InChI=1S/C15H16F2N4O3S/c1-8(25-15-20-19-14(23)21(15)10-4-5-10)12(22)18-9-2-6-11(7-3-9)24-13(16)17/h2-3,6-8,10,13H,4-5H2,1H3,(H,18,22)(H,19,23)/t8-/m1/s1. The van der Waals surface area contributed by atoms with Crippen LogP contribution in [-0.2, 0) is 4.79 Å². The Hall–Kier alpha value is -2.36. The average Bonchev–Trinajstić information content (AvgIpc) is 3.33. The highest BCUT2D eigenvalue weighted by molar-refractivity contribution is 8.00. The van der Waals surface area contributed by atoms with Crippen LogP contribution in [0.25, 0.3) is 0 Å². The molecule has 2 N–H and O–H groups in total. The van der Waals surface area contributed by atoms with Crippen LogP contribution in [0, 0.1) is 0 Å². The van der Waals surface area contributed by atoms with Gasteiger partial charge in [-0.25, -0.2) is 9.89 Å². The van der Waals surface area contributed by atoms with Gasteiger partial charge in [0, 0.05) is 11.7 Å². The predicted molar refractivity (Wildman–Crippen MR) is 88.1 cm³/mol. The maximum atomic E-state index is 12.3. The number of benzene rings is 1. The van der Waals surface area contributed by atoms with Crippen molar-refractivity contribution in [3.8, 4) is 5.75 Å². The molecule has 1 aromatic heterocycles. The number of alkyl halides is 2. The van der Waals surface area contributed by atoms with E-state index < -0.39 is 11.9 Å². The van der Waals surface area contributed by atoms with E-state index in [0.29, 0.717) is 10.8 Å². The number of halogens is 2. The van der Waals surface area contributed by atoms with Gasteiger partial charge in [0.1, 0.15) is 5.75 Å². The first-order chi connectivity index (χ1) is 11.9. The van der Waals surface area contributed by atoms with Gasteiger partial charge in [-0.15, -0.1) is 5.10 Å². The SMILES string of the molecule is C[C@@H](Sc1n[nH]c(=O)n1C1CC1)C(=O)Nc1ccc(OC(F)F)cc1. The van der Waals surface area contributed by atoms with Gasteiger partial charge in [-0.2, -0.15) is 8.78 Å². The summed E-state index contributed by atoms with van der Waals surface area (Å²) in [6.45, 7) is -1.19. The summed E-state index contributed by atoms with van der Waals surface area (Å²) in [7, 11) is 0. The number of thioether (sulfide) groups is 1. The number of ether oxygens (including phenoxy) is 1. The van der Waals surface area contributed by atoms with Crippen LogP contribution < -0.4 is 15.7 Å². The Kier molecular flexibility index (Phi) is 5.07. The van der Waals surface area contributed by atoms with Crippen molar-refractivity contribution in [2.24, 2.45) is 0 Å². The van der Waals surface area contributed by atoms with Crippen molar-refractivity contribution in [1.82, 2.24) is 14.8 Å². The van der Waals surface area contributed by atoms with E-state index in [4.69, 9.17) is 0 Å². The molecule has 0 bridgehead atoms. The second-order valence-corrected chi connectivity index (χ2v) is 6.87. The zero-order valence-corrected chi connectivity index (χ0v) is 14.1. The monoisotopic (exact) mass is 370 g/mol. The summed E-state index contributed by atoms with van der Waals surface area (Å²) < 4.78 is 30.0. The number of anilines is 1. The summed E-state index contributed by atoms with van der Waals surface area (Å²) >= 11 is 1.18. The Balaban J connectivity index is 1.60. The van der Waals surface area contributed by atoms with Gasteiger partial charge in [0.2, 0.25) is 5.91 Å². The first kappa shape index (κ1) is 17.5. The smallest absolute Gasteiger partial charge is 0.387 e. The summed E-state index contributed by atoms with van der Waals surface area (Å²) in [6.07, 6.45) is 1.86. The Morgan fingerprint density at radius 2 is 2.08 bits per heavy atom. The van der Waals surface area contributed by atoms with E-state index in [1.807, 2.05) is 0 Å². The zero-order chi connectivity index (χ0) is 18.0. The summed E-state index contributed by atoms with van der Waals surface area (Å²) in [6, 6.07) is 5.80. The molecule has 1 amide bonds. The van der Waals surface area contributed by atoms with E-state index in [0.717, 1.165) is 12.8 Å². The molecule has 0 unspecified atom stereocenters. The van der Waals surface area contributed by atoms with Gasteiger partial charge in [-0.3, -0.25) is 9.36 Å². The third-order valence-corrected chi connectivity index (χ3v) is 4.65. The van der Waals surface area contributed by atoms with Crippen molar-refractivity contribution in [3.63, 3.8) is 0 Å². The van der Waals surface area contributed by atoms with E-state index in [2.05, 4.69) is 20.3 Å². The van der Waals surface area contributed by atoms with Gasteiger partial charge in [0.15, 0.2) is 5.16 Å². The van der Waals surface area contributed by atoms with Crippen LogP contribution in [-0.4, -0.2) is 32.5 Å². The normalized spacial score (nSPS) is 15.2. The zero-order valence-electron chi connectivity index (χ0n) is 13.2. The minimum atomic E-state index is -2.89. The fraction of sp³-hybridized carbons (Fsp3) is 0.400. The number of rotatable bonds is 7. The lowest BCUT2D eigenvalue weighted by molar-refractivity contribution is -0.115. The lowest BCUT2D eigenvalue weighted by Crippen LogP contribution is -2.23. The molecule has 1 fully saturated rings. The van der Waals surface area contributed by atoms with Gasteiger partial charge in [0.25, 0.3) is 0 Å². The Morgan fingerprint density at radius 1 is 1.40 bits per heavy atom. The highest BCUT2D eigenvalue weighted by Gasteiger charge is 2.30. The van der Waals surface area contributed by atoms with E-state index in [1.165, 1.54) is 36.0 Å². The fourth-order valence-electron chi connectivity index (χ4n) is 2.20. The maximum Gasteiger partial charge on any atom is 0.387 e. The van der Waals surface area contributed by atoms with E-state index in [-0.39, 0.29) is 23.4 Å². The summed E-state index contributed by atoms with van der Waals surface area (Å²) in [5.41, 5.74) is 0.188. The molecule has 1 aliphatic carbocycles. The van der Waals surface area contributed by atoms with Crippen molar-refractivity contribution in [2.45, 2.75) is 42.8 Å². The lowest BCUT2D eigenvalue weighted by atomic mass is 10.3. The number of amides is 1. The molecule has 10 heteroatoms. The van der Waals surface area contributed by atoms with E-state index >= 15 is 0 Å². The minimum absolute atomic E-state index is 0.0143. The molecular weight excluding hydrogens is 354 g/mol. The van der Waals surface area contributed by atoms with Crippen molar-refractivity contribution in [2.75, 3.05) is 5.32 Å². The number of hydrogen-bond donors (Lipinski definition) is 2. The topological polar surface area (TPSA) is 89.0 Å². The van der Waals surface area contributed by atoms with Crippen LogP contribution in [0.5, 0.6) is 5.75 Å². The highest BCUT2D eigenvalue weighted by atomic mass is 32.2. The van der Waals surface area contributed by atoms with Gasteiger partial charge < -0.3 is 10.1 Å². The third-order valence-electron chi connectivity index (χ3n) is 3.58. The minimum Gasteiger partial charge on any atom is -0.435 e. The van der Waals surface area contributed by atoms with Crippen molar-refractivity contribution < 1.29 is 18.3 Å². The summed E-state index contributed by atoms with van der Waals surface area (Å²) in [5, 5.41) is 9.04. The summed E-state index contributed by atoms with van der Waals surface area (Å²) in [5.74, 6) is -0.272. The Bertz CT molecular complexity index is 802. The molecule has 1 saturated carbocycles. The molecule has 0 radical (unpaired) electrons. The molecule has 1 aliphatic rings. The lowest BCUT2D eigenvalue weighted by Gasteiger charge is -2.12. The quantitative estimate of drug-likeness (QED) is 0.732. The fourth-order valence-corrected chi connectivity index (χ4v) is 3.13. The Morgan fingerprint density at radius 3 is 2.68 bits per heavy atom. The number of carbonyl (C=O) groups is 1. The molecule has 0 spiro atoms. The van der Waals surface area contributed by atoms with Crippen molar-refractivity contribution in [1.29, 1.82) is 0 Å². The van der Waals surface area contributed by atoms with Gasteiger partial charge in [-0.05, 0) is 44.0 Å². The highest BCUT2D eigenvalue weighted by Crippen LogP contribution is 2.36. The van der Waals surface area contributed by atoms with E-state index in [1.54, 1.807) is 11.5 Å². The first-order valence-electron chi connectivity index (χ1n) is 7.63. The van der Waals surface area contributed by atoms with Crippen molar-refractivity contribution >= 4 is 23.4 Å².